The van der Waals surface area contributed by atoms with E-state index in [2.05, 4.69) is 193 Å². The highest BCUT2D eigenvalue weighted by atomic mass is 16.3. The zero-order chi connectivity index (χ0) is 31.9. The molecule has 8 aromatic carbocycles. The lowest BCUT2D eigenvalue weighted by molar-refractivity contribution is 0.669. The highest BCUT2D eigenvalue weighted by Gasteiger charge is 2.21. The van der Waals surface area contributed by atoms with Crippen LogP contribution in [0.5, 0.6) is 0 Å². The van der Waals surface area contributed by atoms with E-state index in [1.807, 2.05) is 0 Å². The van der Waals surface area contributed by atoms with Gasteiger partial charge >= 0.3 is 0 Å². The van der Waals surface area contributed by atoms with Gasteiger partial charge in [-0.15, -0.1) is 0 Å². The second-order valence-corrected chi connectivity index (χ2v) is 12.2. The minimum Gasteiger partial charge on any atom is -0.456 e. The van der Waals surface area contributed by atoms with Gasteiger partial charge in [-0.05, 0) is 81.1 Å². The SMILES string of the molecule is c1ccc(-c2ccc(N(c3ccc(-c4ccccc4)cc3)c3cc4oc5cc6ccccc6cc5c4cc3-c3ccccc3)cc2)cc1. The lowest BCUT2D eigenvalue weighted by Gasteiger charge is -2.28. The molecule has 0 aliphatic rings. The topological polar surface area (TPSA) is 16.4 Å². The Bertz CT molecular complexity index is 2430. The molecule has 0 N–H and O–H groups in total. The molecule has 9 aromatic rings. The van der Waals surface area contributed by atoms with Crippen molar-refractivity contribution in [1.29, 1.82) is 0 Å². The first-order valence-electron chi connectivity index (χ1n) is 16.3. The van der Waals surface area contributed by atoms with Crippen molar-refractivity contribution in [2.24, 2.45) is 0 Å². The van der Waals surface area contributed by atoms with Gasteiger partial charge in [-0.3, -0.25) is 0 Å². The Labute approximate surface area is 279 Å². The molecule has 0 aliphatic heterocycles. The highest BCUT2D eigenvalue weighted by Crippen LogP contribution is 2.45. The molecule has 0 spiro atoms. The minimum absolute atomic E-state index is 0.863. The van der Waals surface area contributed by atoms with E-state index in [1.54, 1.807) is 0 Å². The van der Waals surface area contributed by atoms with Crippen LogP contribution in [0.1, 0.15) is 0 Å². The van der Waals surface area contributed by atoms with Crippen molar-refractivity contribution in [1.82, 2.24) is 0 Å². The molecule has 226 valence electrons. The number of fused-ring (bicyclic) bond motifs is 4. The van der Waals surface area contributed by atoms with Crippen LogP contribution < -0.4 is 4.90 Å². The number of benzene rings is 8. The zero-order valence-corrected chi connectivity index (χ0v) is 26.3. The summed E-state index contributed by atoms with van der Waals surface area (Å²) in [4.78, 5) is 2.36. The first-order valence-corrected chi connectivity index (χ1v) is 16.3. The van der Waals surface area contributed by atoms with Gasteiger partial charge in [-0.25, -0.2) is 0 Å². The standard InChI is InChI=1S/C46H31NO/c1-4-12-32(13-5-1)34-20-24-39(25-21-34)47(40-26-22-35(23-27-40)33-14-6-2-7-15-33)44-31-46-43(30-41(44)36-16-8-3-9-17-36)42-28-37-18-10-11-19-38(37)29-45(42)48-46/h1-31H. The Balaban J connectivity index is 1.27. The van der Waals surface area contributed by atoms with Crippen LogP contribution in [0, 0.1) is 0 Å². The fourth-order valence-electron chi connectivity index (χ4n) is 6.83. The van der Waals surface area contributed by atoms with Gasteiger partial charge in [0.1, 0.15) is 11.2 Å². The van der Waals surface area contributed by atoms with E-state index in [1.165, 1.54) is 33.0 Å². The Hall–Kier alpha value is -6.38. The van der Waals surface area contributed by atoms with E-state index in [0.29, 0.717) is 0 Å². The molecule has 0 radical (unpaired) electrons. The molecule has 48 heavy (non-hydrogen) atoms. The van der Waals surface area contributed by atoms with Crippen molar-refractivity contribution in [2.75, 3.05) is 4.90 Å². The fourth-order valence-corrected chi connectivity index (χ4v) is 6.83. The lowest BCUT2D eigenvalue weighted by atomic mass is 9.97. The Morgan fingerprint density at radius 1 is 0.333 bits per heavy atom. The van der Waals surface area contributed by atoms with Gasteiger partial charge in [-0.1, -0.05) is 140 Å². The molecule has 0 unspecified atom stereocenters. The third-order valence-corrected chi connectivity index (χ3v) is 9.25. The van der Waals surface area contributed by atoms with E-state index in [-0.39, 0.29) is 0 Å². The van der Waals surface area contributed by atoms with Crippen LogP contribution in [0.15, 0.2) is 192 Å². The maximum atomic E-state index is 6.64. The van der Waals surface area contributed by atoms with Gasteiger partial charge in [0.2, 0.25) is 0 Å². The number of hydrogen-bond acceptors (Lipinski definition) is 2. The third kappa shape index (κ3) is 5.01. The van der Waals surface area contributed by atoms with Crippen LogP contribution in [0.4, 0.5) is 17.1 Å². The summed E-state index contributed by atoms with van der Waals surface area (Å²) in [6.45, 7) is 0. The molecule has 0 bridgehead atoms. The van der Waals surface area contributed by atoms with Crippen LogP contribution in [0.25, 0.3) is 66.1 Å². The number of furan rings is 1. The van der Waals surface area contributed by atoms with Crippen molar-refractivity contribution in [3.63, 3.8) is 0 Å². The number of hydrogen-bond donors (Lipinski definition) is 0. The molecule has 0 aliphatic carbocycles. The molecule has 2 nitrogen and oxygen atoms in total. The first-order chi connectivity index (χ1) is 23.8. The molecule has 9 rings (SSSR count). The molecule has 2 heteroatoms. The van der Waals surface area contributed by atoms with Crippen molar-refractivity contribution < 1.29 is 4.42 Å². The average Bonchev–Trinajstić information content (AvgIpc) is 3.51. The first kappa shape index (κ1) is 27.9. The zero-order valence-electron chi connectivity index (χ0n) is 26.3. The summed E-state index contributed by atoms with van der Waals surface area (Å²) < 4.78 is 6.64. The molecule has 0 atom stereocenters. The van der Waals surface area contributed by atoms with Gasteiger partial charge in [0.25, 0.3) is 0 Å². The normalized spacial score (nSPS) is 11.3. The summed E-state index contributed by atoms with van der Waals surface area (Å²) in [6, 6.07) is 66.9. The smallest absolute Gasteiger partial charge is 0.137 e. The summed E-state index contributed by atoms with van der Waals surface area (Å²) >= 11 is 0. The van der Waals surface area contributed by atoms with Crippen molar-refractivity contribution in [3.8, 4) is 33.4 Å². The van der Waals surface area contributed by atoms with E-state index in [0.717, 1.165) is 50.1 Å². The molecular weight excluding hydrogens is 583 g/mol. The number of rotatable bonds is 6. The van der Waals surface area contributed by atoms with E-state index >= 15 is 0 Å². The largest absolute Gasteiger partial charge is 0.456 e. The summed E-state index contributed by atoms with van der Waals surface area (Å²) in [6.07, 6.45) is 0. The van der Waals surface area contributed by atoms with Crippen molar-refractivity contribution >= 4 is 49.8 Å². The van der Waals surface area contributed by atoms with Crippen LogP contribution >= 0.6 is 0 Å². The summed E-state index contributed by atoms with van der Waals surface area (Å²) in [5.74, 6) is 0. The average molecular weight is 614 g/mol. The van der Waals surface area contributed by atoms with Crippen LogP contribution in [-0.2, 0) is 0 Å². The minimum atomic E-state index is 0.863. The summed E-state index contributed by atoms with van der Waals surface area (Å²) in [7, 11) is 0. The Morgan fingerprint density at radius 2 is 0.750 bits per heavy atom. The van der Waals surface area contributed by atoms with Crippen molar-refractivity contribution in [2.45, 2.75) is 0 Å². The molecule has 0 amide bonds. The lowest BCUT2D eigenvalue weighted by Crippen LogP contribution is -2.11. The second kappa shape index (κ2) is 11.8. The number of anilines is 3. The quantitative estimate of drug-likeness (QED) is 0.185. The number of nitrogens with zero attached hydrogens (tertiary/aromatic N) is 1. The van der Waals surface area contributed by atoms with E-state index in [9.17, 15) is 0 Å². The molecule has 1 aromatic heterocycles. The van der Waals surface area contributed by atoms with E-state index in [4.69, 9.17) is 4.42 Å². The van der Waals surface area contributed by atoms with E-state index < -0.39 is 0 Å². The molecule has 0 saturated carbocycles. The molecule has 0 saturated heterocycles. The predicted molar refractivity (Wildman–Crippen MR) is 202 cm³/mol. The van der Waals surface area contributed by atoms with Crippen LogP contribution in [0.2, 0.25) is 0 Å². The van der Waals surface area contributed by atoms with Gasteiger partial charge in [-0.2, -0.15) is 0 Å². The predicted octanol–water partition coefficient (Wildman–Crippen LogP) is 13.2. The molecule has 0 fully saturated rings. The fraction of sp³-hybridized carbons (Fsp3) is 0. The maximum absolute atomic E-state index is 6.64. The van der Waals surface area contributed by atoms with Gasteiger partial charge in [0.05, 0.1) is 5.69 Å². The third-order valence-electron chi connectivity index (χ3n) is 9.25. The van der Waals surface area contributed by atoms with Crippen LogP contribution in [0.3, 0.4) is 0 Å². The van der Waals surface area contributed by atoms with Crippen molar-refractivity contribution in [3.05, 3.63) is 188 Å². The monoisotopic (exact) mass is 613 g/mol. The Kier molecular flexibility index (Phi) is 6.84. The summed E-state index contributed by atoms with van der Waals surface area (Å²) in [5, 5.41) is 4.61. The van der Waals surface area contributed by atoms with Gasteiger partial charge in [0, 0.05) is 33.8 Å². The van der Waals surface area contributed by atoms with Crippen LogP contribution in [-0.4, -0.2) is 0 Å². The molecular formula is C46H31NO. The van der Waals surface area contributed by atoms with Gasteiger partial charge < -0.3 is 9.32 Å². The van der Waals surface area contributed by atoms with Gasteiger partial charge in [0.15, 0.2) is 0 Å². The second-order valence-electron chi connectivity index (χ2n) is 12.2. The Morgan fingerprint density at radius 3 is 1.29 bits per heavy atom. The summed E-state index contributed by atoms with van der Waals surface area (Å²) in [5.41, 5.74) is 12.0. The maximum Gasteiger partial charge on any atom is 0.137 e. The highest BCUT2D eigenvalue weighted by molar-refractivity contribution is 6.13. The molecule has 1 heterocycles.